The van der Waals surface area contributed by atoms with Gasteiger partial charge in [0, 0.05) is 17.5 Å². The summed E-state index contributed by atoms with van der Waals surface area (Å²) in [5.41, 5.74) is 0.352. The molecule has 1 fully saturated rings. The van der Waals surface area contributed by atoms with Gasteiger partial charge in [-0.2, -0.15) is 0 Å². The van der Waals surface area contributed by atoms with Gasteiger partial charge in [0.2, 0.25) is 0 Å². The van der Waals surface area contributed by atoms with Crippen molar-refractivity contribution in [1.82, 2.24) is 5.32 Å². The lowest BCUT2D eigenvalue weighted by molar-refractivity contribution is -0.137. The summed E-state index contributed by atoms with van der Waals surface area (Å²) >= 11 is 0. The highest BCUT2D eigenvalue weighted by atomic mass is 16.4. The molecule has 1 rings (SSSR count). The van der Waals surface area contributed by atoms with E-state index in [4.69, 9.17) is 5.11 Å². The zero-order valence-corrected chi connectivity index (χ0v) is 11.0. The largest absolute Gasteiger partial charge is 0.481 e. The predicted octanol–water partition coefficient (Wildman–Crippen LogP) is 2.80. The molecule has 0 aromatic rings. The Balaban J connectivity index is 2.45. The number of aliphatic carboxylic acids is 1. The molecule has 0 radical (unpaired) electrons. The Morgan fingerprint density at radius 1 is 1.25 bits per heavy atom. The van der Waals surface area contributed by atoms with E-state index >= 15 is 0 Å². The third-order valence-corrected chi connectivity index (χ3v) is 3.28. The molecule has 16 heavy (non-hydrogen) atoms. The van der Waals surface area contributed by atoms with Crippen molar-refractivity contribution in [3.63, 3.8) is 0 Å². The third kappa shape index (κ3) is 4.52. The van der Waals surface area contributed by atoms with Crippen LogP contribution < -0.4 is 5.32 Å². The van der Waals surface area contributed by atoms with Crippen molar-refractivity contribution in [2.75, 3.05) is 0 Å². The maximum Gasteiger partial charge on any atom is 0.303 e. The van der Waals surface area contributed by atoms with Gasteiger partial charge >= 0.3 is 5.97 Å². The fourth-order valence-corrected chi connectivity index (χ4v) is 3.28. The zero-order chi connectivity index (χ0) is 12.4. The van der Waals surface area contributed by atoms with E-state index in [9.17, 15) is 4.79 Å². The Morgan fingerprint density at radius 3 is 2.19 bits per heavy atom. The molecule has 0 aromatic heterocycles. The standard InChI is InChI=1S/C13H25NO2/c1-12(2)8-10(6-5-7-11(15)16)9-13(3,4)14-12/h10,14H,5-9H2,1-4H3,(H,15,16). The first-order valence-electron chi connectivity index (χ1n) is 6.21. The van der Waals surface area contributed by atoms with Gasteiger partial charge in [-0.05, 0) is 59.3 Å². The van der Waals surface area contributed by atoms with Crippen LogP contribution in [-0.2, 0) is 4.79 Å². The van der Waals surface area contributed by atoms with E-state index in [0.717, 1.165) is 25.7 Å². The molecule has 0 saturated carbocycles. The highest BCUT2D eigenvalue weighted by Gasteiger charge is 2.37. The van der Waals surface area contributed by atoms with Crippen molar-refractivity contribution < 1.29 is 9.90 Å². The summed E-state index contributed by atoms with van der Waals surface area (Å²) < 4.78 is 0. The molecule has 3 nitrogen and oxygen atoms in total. The molecule has 0 unspecified atom stereocenters. The number of piperidine rings is 1. The lowest BCUT2D eigenvalue weighted by atomic mass is 9.74. The fourth-order valence-electron chi connectivity index (χ4n) is 3.28. The normalized spacial score (nSPS) is 24.2. The minimum absolute atomic E-state index is 0.176. The number of hydrogen-bond acceptors (Lipinski definition) is 2. The molecule has 1 saturated heterocycles. The zero-order valence-electron chi connectivity index (χ0n) is 11.0. The highest BCUT2D eigenvalue weighted by molar-refractivity contribution is 5.66. The van der Waals surface area contributed by atoms with Crippen molar-refractivity contribution in [2.45, 2.75) is 70.9 Å². The molecule has 0 aliphatic carbocycles. The van der Waals surface area contributed by atoms with E-state index in [0.29, 0.717) is 12.3 Å². The van der Waals surface area contributed by atoms with Crippen LogP contribution in [-0.4, -0.2) is 22.2 Å². The number of hydrogen-bond donors (Lipinski definition) is 2. The van der Waals surface area contributed by atoms with Crippen LogP contribution in [0.15, 0.2) is 0 Å². The molecule has 1 heterocycles. The monoisotopic (exact) mass is 227 g/mol. The van der Waals surface area contributed by atoms with E-state index in [1.54, 1.807) is 0 Å². The van der Waals surface area contributed by atoms with E-state index in [2.05, 4.69) is 33.0 Å². The number of carbonyl (C=O) groups is 1. The van der Waals surface area contributed by atoms with Gasteiger partial charge in [0.05, 0.1) is 0 Å². The van der Waals surface area contributed by atoms with Crippen LogP contribution in [0.25, 0.3) is 0 Å². The van der Waals surface area contributed by atoms with Crippen LogP contribution in [0.2, 0.25) is 0 Å². The van der Waals surface area contributed by atoms with Gasteiger partial charge in [-0.3, -0.25) is 4.79 Å². The molecular formula is C13H25NO2. The number of nitrogens with one attached hydrogen (secondary N) is 1. The molecule has 2 N–H and O–H groups in total. The van der Waals surface area contributed by atoms with Crippen molar-refractivity contribution in [3.05, 3.63) is 0 Å². The summed E-state index contributed by atoms with van der Waals surface area (Å²) in [6.07, 6.45) is 4.46. The molecule has 94 valence electrons. The Hall–Kier alpha value is -0.570. The van der Waals surface area contributed by atoms with E-state index in [1.165, 1.54) is 0 Å². The second-order valence-corrected chi connectivity index (χ2v) is 6.45. The lowest BCUT2D eigenvalue weighted by Crippen LogP contribution is -2.57. The molecule has 0 aromatic carbocycles. The van der Waals surface area contributed by atoms with Crippen molar-refractivity contribution >= 4 is 5.97 Å². The number of rotatable bonds is 4. The summed E-state index contributed by atoms with van der Waals surface area (Å²) in [5, 5.41) is 12.3. The SMILES string of the molecule is CC1(C)CC(CCCC(=O)O)CC(C)(C)N1. The minimum atomic E-state index is -0.674. The molecular weight excluding hydrogens is 202 g/mol. The van der Waals surface area contributed by atoms with Gasteiger partial charge in [0.15, 0.2) is 0 Å². The van der Waals surface area contributed by atoms with Gasteiger partial charge in [-0.15, -0.1) is 0 Å². The van der Waals surface area contributed by atoms with Gasteiger partial charge in [-0.25, -0.2) is 0 Å². The Kier molecular flexibility index (Phi) is 4.00. The minimum Gasteiger partial charge on any atom is -0.481 e. The van der Waals surface area contributed by atoms with Gasteiger partial charge in [0.1, 0.15) is 0 Å². The first-order chi connectivity index (χ1) is 7.20. The van der Waals surface area contributed by atoms with E-state index < -0.39 is 5.97 Å². The average Bonchev–Trinajstić information content (AvgIpc) is 1.96. The lowest BCUT2D eigenvalue weighted by Gasteiger charge is -2.46. The summed E-state index contributed by atoms with van der Waals surface area (Å²) in [5.74, 6) is -0.0157. The van der Waals surface area contributed by atoms with E-state index in [1.807, 2.05) is 0 Å². The van der Waals surface area contributed by atoms with Gasteiger partial charge < -0.3 is 10.4 Å². The quantitative estimate of drug-likeness (QED) is 0.776. The second kappa shape index (κ2) is 4.74. The number of carboxylic acids is 1. The third-order valence-electron chi connectivity index (χ3n) is 3.28. The molecule has 0 amide bonds. The predicted molar refractivity (Wildman–Crippen MR) is 65.5 cm³/mol. The molecule has 3 heteroatoms. The summed E-state index contributed by atoms with van der Waals surface area (Å²) in [6.45, 7) is 8.94. The van der Waals surface area contributed by atoms with Crippen LogP contribution in [0, 0.1) is 5.92 Å². The average molecular weight is 227 g/mol. The summed E-state index contributed by atoms with van der Waals surface area (Å²) in [7, 11) is 0. The molecule has 1 aliphatic rings. The molecule has 0 atom stereocenters. The maximum absolute atomic E-state index is 10.5. The van der Waals surface area contributed by atoms with E-state index in [-0.39, 0.29) is 11.1 Å². The van der Waals surface area contributed by atoms with Crippen LogP contribution in [0.1, 0.15) is 59.8 Å². The summed E-state index contributed by atoms with van der Waals surface area (Å²) in [6, 6.07) is 0. The van der Waals surface area contributed by atoms with Crippen LogP contribution in [0.3, 0.4) is 0 Å². The Bertz CT molecular complexity index is 243. The first kappa shape index (κ1) is 13.5. The van der Waals surface area contributed by atoms with Crippen LogP contribution in [0.5, 0.6) is 0 Å². The van der Waals surface area contributed by atoms with Gasteiger partial charge in [0.25, 0.3) is 0 Å². The smallest absolute Gasteiger partial charge is 0.303 e. The Labute approximate surface area is 98.6 Å². The topological polar surface area (TPSA) is 49.3 Å². The van der Waals surface area contributed by atoms with Crippen molar-refractivity contribution in [2.24, 2.45) is 5.92 Å². The van der Waals surface area contributed by atoms with Crippen LogP contribution >= 0.6 is 0 Å². The highest BCUT2D eigenvalue weighted by Crippen LogP contribution is 2.35. The number of carboxylic acid groups (broad SMARTS) is 1. The van der Waals surface area contributed by atoms with Crippen molar-refractivity contribution in [3.8, 4) is 0 Å². The summed E-state index contributed by atoms with van der Waals surface area (Å²) in [4.78, 5) is 10.5. The molecule has 0 bridgehead atoms. The molecule has 0 spiro atoms. The van der Waals surface area contributed by atoms with Crippen LogP contribution in [0.4, 0.5) is 0 Å². The second-order valence-electron chi connectivity index (χ2n) is 6.45. The van der Waals surface area contributed by atoms with Gasteiger partial charge in [-0.1, -0.05) is 0 Å². The fraction of sp³-hybridized carbons (Fsp3) is 0.923. The first-order valence-corrected chi connectivity index (χ1v) is 6.21. The Morgan fingerprint density at radius 2 is 1.75 bits per heavy atom. The maximum atomic E-state index is 10.5. The van der Waals surface area contributed by atoms with Crippen molar-refractivity contribution in [1.29, 1.82) is 0 Å². The molecule has 1 aliphatic heterocycles.